The predicted molar refractivity (Wildman–Crippen MR) is 81.3 cm³/mol. The minimum absolute atomic E-state index is 0.275. The number of pyridine rings is 1. The quantitative estimate of drug-likeness (QED) is 0.695. The number of hydrogen-bond donors (Lipinski definition) is 0. The van der Waals surface area contributed by atoms with Crippen molar-refractivity contribution in [1.82, 2.24) is 4.98 Å². The van der Waals surface area contributed by atoms with E-state index >= 15 is 0 Å². The number of nitrogens with zero attached hydrogens (tertiary/aromatic N) is 2. The van der Waals surface area contributed by atoms with Gasteiger partial charge in [-0.15, -0.1) is 0 Å². The maximum atomic E-state index is 5.92. The highest BCUT2D eigenvalue weighted by Crippen LogP contribution is 2.33. The van der Waals surface area contributed by atoms with Crippen LogP contribution in [0.3, 0.4) is 0 Å². The van der Waals surface area contributed by atoms with Crippen molar-refractivity contribution in [2.24, 2.45) is 5.41 Å². The molecule has 1 aromatic heterocycles. The molecule has 2 heterocycles. The van der Waals surface area contributed by atoms with E-state index in [1.165, 1.54) is 5.57 Å². The Balaban J connectivity index is 2.17. The number of aromatic nitrogens is 1. The molecule has 2 rings (SSSR count). The van der Waals surface area contributed by atoms with Gasteiger partial charge in [-0.2, -0.15) is 0 Å². The maximum Gasteiger partial charge on any atom is 0.143 e. The van der Waals surface area contributed by atoms with E-state index in [0.29, 0.717) is 5.02 Å². The van der Waals surface area contributed by atoms with Gasteiger partial charge in [-0.05, 0) is 33.8 Å². The van der Waals surface area contributed by atoms with E-state index in [1.54, 1.807) is 6.20 Å². The Bertz CT molecular complexity index is 477. The molecule has 0 spiro atoms. The minimum atomic E-state index is 0.275. The number of halogens is 2. The molecular weight excluding hydrogens is 312 g/mol. The van der Waals surface area contributed by atoms with Crippen LogP contribution < -0.4 is 4.90 Å². The Morgan fingerprint density at radius 1 is 1.39 bits per heavy atom. The third-order valence-electron chi connectivity index (χ3n) is 3.26. The maximum absolute atomic E-state index is 5.92. The van der Waals surface area contributed by atoms with Gasteiger partial charge in [-0.1, -0.05) is 44.0 Å². The van der Waals surface area contributed by atoms with Gasteiger partial charge in [-0.3, -0.25) is 0 Å². The van der Waals surface area contributed by atoms with Crippen LogP contribution in [-0.4, -0.2) is 18.1 Å². The van der Waals surface area contributed by atoms with Gasteiger partial charge < -0.3 is 4.90 Å². The average molecular weight is 330 g/mol. The molecule has 0 fully saturated rings. The first-order valence-electron chi connectivity index (χ1n) is 6.13. The van der Waals surface area contributed by atoms with Crippen LogP contribution in [0.25, 0.3) is 0 Å². The molecule has 0 bridgehead atoms. The summed E-state index contributed by atoms with van der Waals surface area (Å²) in [4.78, 5) is 6.68. The Labute approximate surface area is 122 Å². The highest BCUT2D eigenvalue weighted by molar-refractivity contribution is 9.10. The molecule has 2 nitrogen and oxygen atoms in total. The van der Waals surface area contributed by atoms with Crippen molar-refractivity contribution in [3.05, 3.63) is 33.4 Å². The summed E-state index contributed by atoms with van der Waals surface area (Å²) in [6, 6.07) is 1.90. The van der Waals surface area contributed by atoms with E-state index in [0.717, 1.165) is 29.8 Å². The fourth-order valence-corrected chi connectivity index (χ4v) is 3.07. The second kappa shape index (κ2) is 5.22. The largest absolute Gasteiger partial charge is 0.352 e. The summed E-state index contributed by atoms with van der Waals surface area (Å²) in [6.07, 6.45) is 5.12. The lowest BCUT2D eigenvalue weighted by Crippen LogP contribution is -2.32. The van der Waals surface area contributed by atoms with Crippen LogP contribution in [0.1, 0.15) is 27.2 Å². The molecule has 0 amide bonds. The molecule has 0 atom stereocenters. The normalized spacial score (nSPS) is 16.7. The van der Waals surface area contributed by atoms with E-state index in [9.17, 15) is 0 Å². The number of hydrogen-bond acceptors (Lipinski definition) is 2. The molecule has 0 saturated heterocycles. The smallest absolute Gasteiger partial charge is 0.143 e. The van der Waals surface area contributed by atoms with E-state index in [4.69, 9.17) is 11.6 Å². The zero-order valence-corrected chi connectivity index (χ0v) is 13.3. The molecule has 0 radical (unpaired) electrons. The third kappa shape index (κ3) is 3.07. The van der Waals surface area contributed by atoms with Gasteiger partial charge in [0.25, 0.3) is 0 Å². The summed E-state index contributed by atoms with van der Waals surface area (Å²) >= 11 is 9.44. The molecule has 18 heavy (non-hydrogen) atoms. The fourth-order valence-electron chi connectivity index (χ4n) is 2.18. The van der Waals surface area contributed by atoms with E-state index in [1.807, 2.05) is 6.07 Å². The van der Waals surface area contributed by atoms with E-state index in [-0.39, 0.29) is 5.41 Å². The summed E-state index contributed by atoms with van der Waals surface area (Å²) in [5.41, 5.74) is 1.81. The Hall–Kier alpha value is -0.540. The van der Waals surface area contributed by atoms with Crippen LogP contribution >= 0.6 is 27.5 Å². The monoisotopic (exact) mass is 328 g/mol. The van der Waals surface area contributed by atoms with Gasteiger partial charge in [0.05, 0.1) is 9.50 Å². The first-order chi connectivity index (χ1) is 8.38. The van der Waals surface area contributed by atoms with Gasteiger partial charge >= 0.3 is 0 Å². The molecule has 1 aliphatic heterocycles. The van der Waals surface area contributed by atoms with Crippen LogP contribution in [0.2, 0.25) is 5.02 Å². The second-order valence-corrected chi connectivity index (χ2v) is 6.93. The first-order valence-corrected chi connectivity index (χ1v) is 7.30. The van der Waals surface area contributed by atoms with E-state index in [2.05, 4.69) is 52.7 Å². The average Bonchev–Trinajstić information content (AvgIpc) is 2.28. The lowest BCUT2D eigenvalue weighted by Gasteiger charge is -2.33. The topological polar surface area (TPSA) is 16.1 Å². The van der Waals surface area contributed by atoms with Crippen LogP contribution in [-0.2, 0) is 0 Å². The van der Waals surface area contributed by atoms with Gasteiger partial charge in [0.2, 0.25) is 0 Å². The molecule has 0 saturated carbocycles. The molecule has 1 aromatic rings. The van der Waals surface area contributed by atoms with Crippen LogP contribution in [0.5, 0.6) is 0 Å². The molecule has 1 aliphatic rings. The van der Waals surface area contributed by atoms with Gasteiger partial charge in [-0.25, -0.2) is 4.98 Å². The third-order valence-corrected chi connectivity index (χ3v) is 4.05. The lowest BCUT2D eigenvalue weighted by molar-refractivity contribution is 0.472. The molecule has 0 unspecified atom stereocenters. The van der Waals surface area contributed by atoms with Gasteiger partial charge in [0.15, 0.2) is 0 Å². The zero-order chi connectivity index (χ0) is 13.3. The van der Waals surface area contributed by atoms with Crippen molar-refractivity contribution in [3.63, 3.8) is 0 Å². The molecule has 0 aliphatic carbocycles. The summed E-state index contributed by atoms with van der Waals surface area (Å²) in [7, 11) is 0. The summed E-state index contributed by atoms with van der Waals surface area (Å²) in [6.45, 7) is 8.73. The molecule has 98 valence electrons. The lowest BCUT2D eigenvalue weighted by atomic mass is 9.83. The zero-order valence-electron chi connectivity index (χ0n) is 11.0. The van der Waals surface area contributed by atoms with Crippen molar-refractivity contribution >= 4 is 33.3 Å². The first kappa shape index (κ1) is 13.9. The SMILES string of the molecule is CC(C)(C)C1=CCN(c2ncc(Cl)cc2Br)CC1. The highest BCUT2D eigenvalue weighted by Gasteiger charge is 2.22. The fraction of sp³-hybridized carbons (Fsp3) is 0.500. The molecule has 4 heteroatoms. The Kier molecular flexibility index (Phi) is 4.02. The summed E-state index contributed by atoms with van der Waals surface area (Å²) in [5, 5.41) is 0.661. The molecule has 0 N–H and O–H groups in total. The van der Waals surface area contributed by atoms with Crippen molar-refractivity contribution in [2.45, 2.75) is 27.2 Å². The van der Waals surface area contributed by atoms with Gasteiger partial charge in [0.1, 0.15) is 5.82 Å². The van der Waals surface area contributed by atoms with Gasteiger partial charge in [0, 0.05) is 19.3 Å². The summed E-state index contributed by atoms with van der Waals surface area (Å²) < 4.78 is 0.961. The minimum Gasteiger partial charge on any atom is -0.352 e. The van der Waals surface area contributed by atoms with Crippen LogP contribution in [0.15, 0.2) is 28.4 Å². The number of anilines is 1. The van der Waals surface area contributed by atoms with Crippen LogP contribution in [0.4, 0.5) is 5.82 Å². The van der Waals surface area contributed by atoms with Crippen molar-refractivity contribution in [2.75, 3.05) is 18.0 Å². The van der Waals surface area contributed by atoms with Crippen molar-refractivity contribution in [1.29, 1.82) is 0 Å². The van der Waals surface area contributed by atoms with E-state index < -0.39 is 0 Å². The number of rotatable bonds is 1. The van der Waals surface area contributed by atoms with Crippen molar-refractivity contribution in [3.8, 4) is 0 Å². The summed E-state index contributed by atoms with van der Waals surface area (Å²) in [5.74, 6) is 0.976. The molecular formula is C14H18BrClN2. The standard InChI is InChI=1S/C14H18BrClN2/c1-14(2,3)10-4-6-18(7-5-10)13-12(15)8-11(16)9-17-13/h4,8-9H,5-7H2,1-3H3. The van der Waals surface area contributed by atoms with Crippen molar-refractivity contribution < 1.29 is 0 Å². The second-order valence-electron chi connectivity index (χ2n) is 5.63. The Morgan fingerprint density at radius 2 is 2.11 bits per heavy atom. The molecule has 0 aromatic carbocycles. The Morgan fingerprint density at radius 3 is 2.61 bits per heavy atom. The highest BCUT2D eigenvalue weighted by atomic mass is 79.9. The van der Waals surface area contributed by atoms with Crippen LogP contribution in [0, 0.1) is 5.41 Å². The predicted octanol–water partition coefficient (Wildman–Crippen LogP) is 4.68.